The van der Waals surface area contributed by atoms with E-state index in [1.165, 1.54) is 0 Å². The zero-order valence-electron chi connectivity index (χ0n) is 10.3. The molecule has 1 rings (SSSR count). The van der Waals surface area contributed by atoms with Gasteiger partial charge in [-0.3, -0.25) is 0 Å². The predicted molar refractivity (Wildman–Crippen MR) is 71.3 cm³/mol. The van der Waals surface area contributed by atoms with Crippen LogP contribution < -0.4 is 5.73 Å². The fourth-order valence-electron chi connectivity index (χ4n) is 1.45. The molecule has 96 valence electrons. The van der Waals surface area contributed by atoms with E-state index in [4.69, 9.17) is 17.3 Å². The Hall–Kier alpha value is -0.580. The summed E-state index contributed by atoms with van der Waals surface area (Å²) in [7, 11) is -3.26. The van der Waals surface area contributed by atoms with Crippen LogP contribution in [0.1, 0.15) is 26.3 Å². The zero-order chi connectivity index (χ0) is 13.3. The molecular formula is C12H18ClNO2S. The van der Waals surface area contributed by atoms with Crippen molar-refractivity contribution in [2.75, 3.05) is 12.3 Å². The molecule has 3 nitrogen and oxygen atoms in total. The van der Waals surface area contributed by atoms with Crippen molar-refractivity contribution in [3.63, 3.8) is 0 Å². The summed E-state index contributed by atoms with van der Waals surface area (Å²) in [4.78, 5) is 0.193. The maximum Gasteiger partial charge on any atom is 0.179 e. The second-order valence-electron chi connectivity index (χ2n) is 4.64. The van der Waals surface area contributed by atoms with E-state index in [9.17, 15) is 8.42 Å². The second kappa shape index (κ2) is 4.96. The zero-order valence-corrected chi connectivity index (χ0v) is 11.9. The Morgan fingerprint density at radius 3 is 2.35 bits per heavy atom. The van der Waals surface area contributed by atoms with Gasteiger partial charge in [-0.15, -0.1) is 0 Å². The number of hydrogen-bond acceptors (Lipinski definition) is 3. The molecule has 0 unspecified atom stereocenters. The summed E-state index contributed by atoms with van der Waals surface area (Å²) in [5.74, 6) is 0.0480. The van der Waals surface area contributed by atoms with Crippen molar-refractivity contribution in [1.29, 1.82) is 0 Å². The molecule has 0 atom stereocenters. The summed E-state index contributed by atoms with van der Waals surface area (Å²) in [6.07, 6.45) is 0. The molecule has 0 spiro atoms. The van der Waals surface area contributed by atoms with Crippen molar-refractivity contribution in [2.24, 2.45) is 5.73 Å². The molecule has 0 saturated carbocycles. The minimum Gasteiger partial charge on any atom is -0.330 e. The van der Waals surface area contributed by atoms with Gasteiger partial charge in [0.15, 0.2) is 9.84 Å². The Morgan fingerprint density at radius 1 is 1.35 bits per heavy atom. The van der Waals surface area contributed by atoms with Crippen LogP contribution in [0.5, 0.6) is 0 Å². The van der Waals surface area contributed by atoms with E-state index < -0.39 is 9.84 Å². The number of halogens is 1. The lowest BCUT2D eigenvalue weighted by Crippen LogP contribution is -2.28. The molecule has 0 heterocycles. The molecule has 0 aliphatic carbocycles. The average Bonchev–Trinajstić information content (AvgIpc) is 2.28. The lowest BCUT2D eigenvalue weighted by Gasteiger charge is -2.23. The monoisotopic (exact) mass is 275 g/mol. The van der Waals surface area contributed by atoms with E-state index in [2.05, 4.69) is 0 Å². The van der Waals surface area contributed by atoms with Crippen LogP contribution >= 0.6 is 11.6 Å². The molecule has 0 bridgehead atoms. The van der Waals surface area contributed by atoms with Gasteiger partial charge in [-0.05, 0) is 17.7 Å². The van der Waals surface area contributed by atoms with Gasteiger partial charge in [-0.1, -0.05) is 38.4 Å². The number of nitrogens with two attached hydrogens (primary N) is 1. The fourth-order valence-corrected chi connectivity index (χ4v) is 2.92. The summed E-state index contributed by atoms with van der Waals surface area (Å²) in [5, 5.41) is 0.269. The van der Waals surface area contributed by atoms with Crippen molar-refractivity contribution in [3.05, 3.63) is 28.8 Å². The minimum absolute atomic E-state index is 0.0480. The summed E-state index contributed by atoms with van der Waals surface area (Å²) < 4.78 is 23.5. The molecular weight excluding hydrogens is 258 g/mol. The van der Waals surface area contributed by atoms with E-state index in [0.717, 1.165) is 5.56 Å². The van der Waals surface area contributed by atoms with Crippen molar-refractivity contribution in [3.8, 4) is 0 Å². The van der Waals surface area contributed by atoms with Crippen LogP contribution in [0.4, 0.5) is 0 Å². The van der Waals surface area contributed by atoms with Crippen molar-refractivity contribution in [1.82, 2.24) is 0 Å². The summed E-state index contributed by atoms with van der Waals surface area (Å²) in [6, 6.07) is 5.03. The van der Waals surface area contributed by atoms with Gasteiger partial charge in [0.2, 0.25) is 0 Å². The lowest BCUT2D eigenvalue weighted by atomic mass is 9.85. The fraction of sp³-hybridized carbons (Fsp3) is 0.500. The lowest BCUT2D eigenvalue weighted by molar-refractivity contribution is 0.538. The largest absolute Gasteiger partial charge is 0.330 e. The van der Waals surface area contributed by atoms with Crippen LogP contribution in [0, 0.1) is 0 Å². The Balaban J connectivity index is 3.29. The molecule has 0 aliphatic rings. The first kappa shape index (κ1) is 14.5. The normalized spacial score (nSPS) is 12.8. The maximum atomic E-state index is 11.7. The van der Waals surface area contributed by atoms with Crippen LogP contribution in [0.15, 0.2) is 23.1 Å². The molecule has 5 heteroatoms. The SMILES string of the molecule is CCS(=O)(=O)c1ccc(C(C)(C)CN)cc1Cl. The van der Waals surface area contributed by atoms with Gasteiger partial charge in [-0.25, -0.2) is 8.42 Å². The molecule has 2 N–H and O–H groups in total. The molecule has 0 saturated heterocycles. The Kier molecular flexibility index (Phi) is 4.23. The number of rotatable bonds is 4. The Morgan fingerprint density at radius 2 is 1.94 bits per heavy atom. The van der Waals surface area contributed by atoms with Gasteiger partial charge in [-0.2, -0.15) is 0 Å². The summed E-state index contributed by atoms with van der Waals surface area (Å²) in [5.41, 5.74) is 6.41. The Bertz CT molecular complexity index is 509. The number of hydrogen-bond donors (Lipinski definition) is 1. The van der Waals surface area contributed by atoms with E-state index in [1.54, 1.807) is 25.1 Å². The third-order valence-electron chi connectivity index (χ3n) is 2.94. The number of sulfone groups is 1. The van der Waals surface area contributed by atoms with Crippen LogP contribution in [-0.2, 0) is 15.3 Å². The molecule has 0 fully saturated rings. The van der Waals surface area contributed by atoms with Gasteiger partial charge in [0.25, 0.3) is 0 Å². The highest BCUT2D eigenvalue weighted by molar-refractivity contribution is 7.91. The number of benzene rings is 1. The molecule has 0 aromatic heterocycles. The van der Waals surface area contributed by atoms with Crippen LogP contribution in [0.3, 0.4) is 0 Å². The van der Waals surface area contributed by atoms with Crippen molar-refractivity contribution < 1.29 is 8.42 Å². The third kappa shape index (κ3) is 3.00. The van der Waals surface area contributed by atoms with Crippen LogP contribution in [0.25, 0.3) is 0 Å². The van der Waals surface area contributed by atoms with E-state index in [1.807, 2.05) is 13.8 Å². The predicted octanol–water partition coefficient (Wildman–Crippen LogP) is 2.37. The molecule has 0 aliphatic heterocycles. The molecule has 1 aromatic carbocycles. The smallest absolute Gasteiger partial charge is 0.179 e. The van der Waals surface area contributed by atoms with E-state index >= 15 is 0 Å². The molecule has 1 aromatic rings. The minimum atomic E-state index is -3.26. The van der Waals surface area contributed by atoms with E-state index in [-0.39, 0.29) is 21.1 Å². The van der Waals surface area contributed by atoms with Gasteiger partial charge in [0.1, 0.15) is 0 Å². The summed E-state index contributed by atoms with van der Waals surface area (Å²) in [6.45, 7) is 6.06. The van der Waals surface area contributed by atoms with E-state index in [0.29, 0.717) is 6.54 Å². The van der Waals surface area contributed by atoms with Crippen LogP contribution in [-0.4, -0.2) is 20.7 Å². The van der Waals surface area contributed by atoms with Gasteiger partial charge in [0.05, 0.1) is 15.7 Å². The highest BCUT2D eigenvalue weighted by Gasteiger charge is 2.22. The first-order valence-electron chi connectivity index (χ1n) is 5.47. The first-order chi connectivity index (χ1) is 7.74. The average molecular weight is 276 g/mol. The first-order valence-corrected chi connectivity index (χ1v) is 7.50. The van der Waals surface area contributed by atoms with Gasteiger partial charge in [0, 0.05) is 12.0 Å². The van der Waals surface area contributed by atoms with Crippen LogP contribution in [0.2, 0.25) is 5.02 Å². The molecule has 0 radical (unpaired) electrons. The third-order valence-corrected chi connectivity index (χ3v) is 5.15. The van der Waals surface area contributed by atoms with Crippen molar-refractivity contribution in [2.45, 2.75) is 31.1 Å². The van der Waals surface area contributed by atoms with Gasteiger partial charge < -0.3 is 5.73 Å². The van der Waals surface area contributed by atoms with Crippen molar-refractivity contribution >= 4 is 21.4 Å². The second-order valence-corrected chi connectivity index (χ2v) is 7.29. The van der Waals surface area contributed by atoms with Gasteiger partial charge >= 0.3 is 0 Å². The quantitative estimate of drug-likeness (QED) is 0.918. The highest BCUT2D eigenvalue weighted by Crippen LogP contribution is 2.29. The summed E-state index contributed by atoms with van der Waals surface area (Å²) >= 11 is 6.04. The molecule has 17 heavy (non-hydrogen) atoms. The Labute approximate surface area is 108 Å². The maximum absolute atomic E-state index is 11.7. The topological polar surface area (TPSA) is 60.2 Å². The highest BCUT2D eigenvalue weighted by atomic mass is 35.5. The molecule has 0 amide bonds. The standard InChI is InChI=1S/C12H18ClNO2S/c1-4-17(15,16)11-6-5-9(7-10(11)13)12(2,3)8-14/h5-7H,4,8,14H2,1-3H3.